The molecule has 0 saturated heterocycles. The second-order valence-corrected chi connectivity index (χ2v) is 4.81. The van der Waals surface area contributed by atoms with Gasteiger partial charge in [0.15, 0.2) is 5.82 Å². The van der Waals surface area contributed by atoms with Crippen LogP contribution < -0.4 is 0 Å². The van der Waals surface area contributed by atoms with Gasteiger partial charge in [0, 0.05) is 24.9 Å². The highest BCUT2D eigenvalue weighted by molar-refractivity contribution is 5.97. The first-order valence-electron chi connectivity index (χ1n) is 5.66. The van der Waals surface area contributed by atoms with Gasteiger partial charge >= 0.3 is 0 Å². The molecule has 0 aromatic carbocycles. The van der Waals surface area contributed by atoms with Crippen LogP contribution in [0.1, 0.15) is 49.6 Å². The molecule has 0 unspecified atom stereocenters. The first kappa shape index (κ1) is 10.4. The summed E-state index contributed by atoms with van der Waals surface area (Å²) < 4.78 is 1.82. The molecule has 0 aliphatic heterocycles. The molecule has 3 heteroatoms. The molecule has 0 N–H and O–H groups in total. The molecule has 2 rings (SSSR count). The maximum absolute atomic E-state index is 12.3. The van der Waals surface area contributed by atoms with E-state index in [1.54, 1.807) is 6.20 Å². The van der Waals surface area contributed by atoms with Crippen molar-refractivity contribution in [3.63, 3.8) is 0 Å². The van der Waals surface area contributed by atoms with E-state index in [1.807, 2.05) is 17.8 Å². The van der Waals surface area contributed by atoms with Gasteiger partial charge in [0.25, 0.3) is 0 Å². The summed E-state index contributed by atoms with van der Waals surface area (Å²) in [5.74, 6) is 0.828. The molecule has 15 heavy (non-hydrogen) atoms. The minimum Gasteiger partial charge on any atom is -0.332 e. The van der Waals surface area contributed by atoms with Gasteiger partial charge in [-0.15, -0.1) is 0 Å². The molecule has 0 atom stereocenters. The third-order valence-electron chi connectivity index (χ3n) is 3.53. The highest BCUT2D eigenvalue weighted by Crippen LogP contribution is 2.38. The number of ketones is 1. The summed E-state index contributed by atoms with van der Waals surface area (Å²) in [6, 6.07) is 0. The van der Waals surface area contributed by atoms with E-state index in [0.717, 1.165) is 12.8 Å². The van der Waals surface area contributed by atoms with Crippen molar-refractivity contribution in [2.24, 2.45) is 12.5 Å². The summed E-state index contributed by atoms with van der Waals surface area (Å²) in [7, 11) is 1.88. The van der Waals surface area contributed by atoms with E-state index in [9.17, 15) is 4.79 Å². The Morgan fingerprint density at radius 2 is 2.07 bits per heavy atom. The van der Waals surface area contributed by atoms with E-state index in [4.69, 9.17) is 0 Å². The van der Waals surface area contributed by atoms with Gasteiger partial charge in [-0.25, -0.2) is 4.98 Å². The Kier molecular flexibility index (Phi) is 2.63. The van der Waals surface area contributed by atoms with Gasteiger partial charge in [-0.1, -0.05) is 26.2 Å². The summed E-state index contributed by atoms with van der Waals surface area (Å²) in [5, 5.41) is 0. The number of carbonyl (C=O) groups is 1. The van der Waals surface area contributed by atoms with Crippen LogP contribution in [0.15, 0.2) is 12.4 Å². The zero-order valence-corrected chi connectivity index (χ0v) is 9.49. The van der Waals surface area contributed by atoms with Crippen LogP contribution in [-0.4, -0.2) is 15.3 Å². The third-order valence-corrected chi connectivity index (χ3v) is 3.53. The van der Waals surface area contributed by atoms with Crippen LogP contribution in [0.3, 0.4) is 0 Å². The third kappa shape index (κ3) is 1.83. The van der Waals surface area contributed by atoms with Crippen molar-refractivity contribution in [2.75, 3.05) is 0 Å². The highest BCUT2D eigenvalue weighted by atomic mass is 16.1. The van der Waals surface area contributed by atoms with E-state index >= 15 is 0 Å². The molecule has 3 nitrogen and oxygen atoms in total. The van der Waals surface area contributed by atoms with E-state index in [2.05, 4.69) is 11.9 Å². The largest absolute Gasteiger partial charge is 0.332 e. The number of hydrogen-bond donors (Lipinski definition) is 0. The van der Waals surface area contributed by atoms with Gasteiger partial charge in [0.05, 0.1) is 0 Å². The lowest BCUT2D eigenvalue weighted by Gasteiger charge is -2.31. The van der Waals surface area contributed by atoms with Crippen LogP contribution in [0.2, 0.25) is 0 Å². The minimum atomic E-state index is -0.169. The molecule has 1 heterocycles. The molecule has 1 aromatic rings. The van der Waals surface area contributed by atoms with Gasteiger partial charge in [0.1, 0.15) is 0 Å². The molecule has 1 aliphatic rings. The summed E-state index contributed by atoms with van der Waals surface area (Å²) in [5.41, 5.74) is -0.169. The molecule has 0 amide bonds. The Morgan fingerprint density at radius 1 is 1.40 bits per heavy atom. The Labute approximate surface area is 90.5 Å². The molecule has 1 saturated carbocycles. The van der Waals surface area contributed by atoms with E-state index in [0.29, 0.717) is 5.82 Å². The quantitative estimate of drug-likeness (QED) is 0.697. The molecule has 1 aliphatic carbocycles. The normalized spacial score (nSPS) is 20.1. The Morgan fingerprint density at radius 3 is 2.60 bits per heavy atom. The van der Waals surface area contributed by atoms with E-state index in [-0.39, 0.29) is 11.2 Å². The first-order valence-corrected chi connectivity index (χ1v) is 5.66. The van der Waals surface area contributed by atoms with Gasteiger partial charge in [-0.3, -0.25) is 4.79 Å². The number of imidazole rings is 1. The van der Waals surface area contributed by atoms with Gasteiger partial charge < -0.3 is 4.57 Å². The summed E-state index contributed by atoms with van der Waals surface area (Å²) in [4.78, 5) is 16.5. The monoisotopic (exact) mass is 206 g/mol. The average molecular weight is 206 g/mol. The Bertz CT molecular complexity index is 361. The van der Waals surface area contributed by atoms with Crippen molar-refractivity contribution >= 4 is 5.78 Å². The fourth-order valence-electron chi connectivity index (χ4n) is 2.41. The lowest BCUT2D eigenvalue weighted by atomic mass is 9.72. The summed E-state index contributed by atoms with van der Waals surface area (Å²) in [6.07, 6.45) is 9.17. The second kappa shape index (κ2) is 3.80. The number of aryl methyl sites for hydroxylation is 1. The number of carbonyl (C=O) groups excluding carboxylic acids is 1. The van der Waals surface area contributed by atoms with Crippen LogP contribution in [0.4, 0.5) is 0 Å². The average Bonchev–Trinajstić information content (AvgIpc) is 2.64. The standard InChI is InChI=1S/C12H18N2O/c1-12(6-4-3-5-7-12)10(15)11-13-8-9-14(11)2/h8-9H,3-7H2,1-2H3. The fourth-order valence-corrected chi connectivity index (χ4v) is 2.41. The summed E-state index contributed by atoms with van der Waals surface area (Å²) in [6.45, 7) is 2.09. The van der Waals surface area contributed by atoms with Crippen LogP contribution >= 0.6 is 0 Å². The van der Waals surface area contributed by atoms with Crippen molar-refractivity contribution in [2.45, 2.75) is 39.0 Å². The lowest BCUT2D eigenvalue weighted by molar-refractivity contribution is 0.0734. The number of rotatable bonds is 2. The van der Waals surface area contributed by atoms with Crippen molar-refractivity contribution in [1.82, 2.24) is 9.55 Å². The molecule has 1 aromatic heterocycles. The first-order chi connectivity index (χ1) is 7.13. The maximum Gasteiger partial charge on any atom is 0.204 e. The van der Waals surface area contributed by atoms with Gasteiger partial charge in [-0.2, -0.15) is 0 Å². The Balaban J connectivity index is 2.23. The molecule has 1 fully saturated rings. The molecule has 0 bridgehead atoms. The van der Waals surface area contributed by atoms with E-state index < -0.39 is 0 Å². The van der Waals surface area contributed by atoms with Crippen LogP contribution in [0.5, 0.6) is 0 Å². The van der Waals surface area contributed by atoms with Crippen molar-refractivity contribution in [3.8, 4) is 0 Å². The topological polar surface area (TPSA) is 34.9 Å². The Hall–Kier alpha value is -1.12. The smallest absolute Gasteiger partial charge is 0.204 e. The van der Waals surface area contributed by atoms with Crippen LogP contribution in [0, 0.1) is 5.41 Å². The van der Waals surface area contributed by atoms with Crippen molar-refractivity contribution in [3.05, 3.63) is 18.2 Å². The zero-order chi connectivity index (χ0) is 10.9. The summed E-state index contributed by atoms with van der Waals surface area (Å²) >= 11 is 0. The molecular formula is C12H18N2O. The maximum atomic E-state index is 12.3. The number of hydrogen-bond acceptors (Lipinski definition) is 2. The fraction of sp³-hybridized carbons (Fsp3) is 0.667. The van der Waals surface area contributed by atoms with Crippen molar-refractivity contribution in [1.29, 1.82) is 0 Å². The lowest BCUT2D eigenvalue weighted by Crippen LogP contribution is -2.32. The molecular weight excluding hydrogens is 188 g/mol. The SMILES string of the molecule is Cn1ccnc1C(=O)C1(C)CCCCC1. The second-order valence-electron chi connectivity index (χ2n) is 4.81. The molecule has 0 radical (unpaired) electrons. The number of Topliss-reactive ketones (excluding diaryl/α,β-unsaturated/α-hetero) is 1. The predicted molar refractivity (Wildman–Crippen MR) is 58.7 cm³/mol. The molecule has 0 spiro atoms. The minimum absolute atomic E-state index is 0.169. The van der Waals surface area contributed by atoms with Gasteiger partial charge in [-0.05, 0) is 12.8 Å². The zero-order valence-electron chi connectivity index (χ0n) is 9.49. The van der Waals surface area contributed by atoms with Crippen molar-refractivity contribution < 1.29 is 4.79 Å². The predicted octanol–water partition coefficient (Wildman–Crippen LogP) is 2.57. The molecule has 82 valence electrons. The number of aromatic nitrogens is 2. The highest BCUT2D eigenvalue weighted by Gasteiger charge is 2.36. The van der Waals surface area contributed by atoms with Gasteiger partial charge in [0.2, 0.25) is 5.78 Å². The van der Waals surface area contributed by atoms with E-state index in [1.165, 1.54) is 19.3 Å². The van der Waals surface area contributed by atoms with Crippen LogP contribution in [-0.2, 0) is 7.05 Å². The van der Waals surface area contributed by atoms with Crippen LogP contribution in [0.25, 0.3) is 0 Å². The number of nitrogens with zero attached hydrogens (tertiary/aromatic N) is 2.